The Morgan fingerprint density at radius 1 is 0.952 bits per heavy atom. The molecule has 1 unspecified atom stereocenters. The van der Waals surface area contributed by atoms with Crippen molar-refractivity contribution in [1.29, 1.82) is 0 Å². The number of rotatable bonds is 11. The quantitative estimate of drug-likeness (QED) is 0.238. The average molecular weight is 890 g/mol. The van der Waals surface area contributed by atoms with Crippen molar-refractivity contribution in [3.05, 3.63) is 36.4 Å². The van der Waals surface area contributed by atoms with E-state index in [4.69, 9.17) is 28.4 Å². The molecule has 3 aliphatic rings. The molecule has 5 heterocycles. The number of ether oxygens (including phenoxy) is 6. The zero-order valence-electron chi connectivity index (χ0n) is 39.6. The Bertz CT molecular complexity index is 1800. The van der Waals surface area contributed by atoms with E-state index in [1.54, 1.807) is 58.6 Å². The van der Waals surface area contributed by atoms with Crippen LogP contribution in [0.1, 0.15) is 101 Å². The summed E-state index contributed by atoms with van der Waals surface area (Å²) in [7, 11) is 5.00. The number of ketones is 1. The van der Waals surface area contributed by atoms with Gasteiger partial charge in [0.2, 0.25) is 0 Å². The van der Waals surface area contributed by atoms with E-state index in [1.807, 2.05) is 46.1 Å². The molecule has 4 N–H and O–H groups in total. The number of aliphatic hydroxyl groups is 4. The van der Waals surface area contributed by atoms with E-state index in [0.717, 1.165) is 11.4 Å². The Morgan fingerprint density at radius 2 is 1.63 bits per heavy atom. The monoisotopic (exact) mass is 890 g/mol. The van der Waals surface area contributed by atoms with Crippen LogP contribution in [-0.4, -0.2) is 163 Å². The normalized spacial score (nSPS) is 42.5. The number of pyridine rings is 1. The Hall–Kier alpha value is -2.97. The predicted octanol–water partition coefficient (Wildman–Crippen LogP) is 3.30. The molecule has 5 rings (SSSR count). The first-order chi connectivity index (χ1) is 29.5. The molecular weight excluding hydrogens is 815 g/mol. The molecule has 3 aliphatic heterocycles. The topological polar surface area (TPSA) is 217 Å². The number of hydrogen-bond acceptors (Lipinski definition) is 16. The van der Waals surface area contributed by atoms with Crippen molar-refractivity contribution in [3.8, 4) is 5.69 Å². The van der Waals surface area contributed by atoms with Gasteiger partial charge in [-0.15, -0.1) is 5.10 Å². The highest BCUT2D eigenvalue weighted by Gasteiger charge is 2.56. The van der Waals surface area contributed by atoms with Crippen molar-refractivity contribution in [2.24, 2.45) is 29.6 Å². The Balaban J connectivity index is 1.53. The van der Waals surface area contributed by atoms with Crippen molar-refractivity contribution >= 4 is 11.8 Å². The van der Waals surface area contributed by atoms with Gasteiger partial charge in [-0.25, -0.2) is 4.68 Å². The van der Waals surface area contributed by atoms with Crippen molar-refractivity contribution in [2.75, 3.05) is 27.8 Å². The highest BCUT2D eigenvalue weighted by Crippen LogP contribution is 2.46. The first-order valence-electron chi connectivity index (χ1n) is 22.6. The van der Waals surface area contributed by atoms with Crippen LogP contribution >= 0.6 is 0 Å². The first kappa shape index (κ1) is 51.0. The molecule has 0 aliphatic carbocycles. The van der Waals surface area contributed by atoms with Gasteiger partial charge in [-0.05, 0) is 79.0 Å². The van der Waals surface area contributed by atoms with Crippen LogP contribution in [-0.2, 0) is 44.4 Å². The summed E-state index contributed by atoms with van der Waals surface area (Å²) >= 11 is 0. The molecule has 3 fully saturated rings. The summed E-state index contributed by atoms with van der Waals surface area (Å²) in [6.07, 6.45) is -1.91. The fourth-order valence-corrected chi connectivity index (χ4v) is 10.5. The standard InChI is InChI=1S/C46H75N5O12/c1-14-35-46(10,57)39(54)29(6)37(52)25(2)21-45(9,59-13)41(27(4)36(28(5)42(56)62-35)34-22-44(8,58-12)40(55)30(7)61-34)63-43-38(53)33(20-26(3)60-43)50(11)19-17-31-24-51(49-48-31)32-16-15-18-47-23-32/h15-16,18,23-30,33-36,38-41,43,53-55,57H,14,17,19-22H2,1-13H3/t25-,26-,27+,28-,29+,30+,33+,34?,35-,36+,38-,39-,40+,41-,43+,44-,45-,46-/m1/s1. The number of cyclic esters (lactones) is 1. The molecule has 0 aromatic carbocycles. The van der Waals surface area contributed by atoms with Gasteiger partial charge in [0.15, 0.2) is 6.29 Å². The lowest BCUT2D eigenvalue weighted by Crippen LogP contribution is -2.62. The van der Waals surface area contributed by atoms with Gasteiger partial charge in [-0.1, -0.05) is 39.8 Å². The molecule has 17 nitrogen and oxygen atoms in total. The van der Waals surface area contributed by atoms with E-state index >= 15 is 0 Å². The van der Waals surface area contributed by atoms with Crippen LogP contribution < -0.4 is 0 Å². The van der Waals surface area contributed by atoms with Crippen LogP contribution in [0.25, 0.3) is 5.69 Å². The average Bonchev–Trinajstić information content (AvgIpc) is 3.74. The molecular formula is C46H75N5O12. The molecule has 0 saturated carbocycles. The lowest BCUT2D eigenvalue weighted by Gasteiger charge is -2.52. The van der Waals surface area contributed by atoms with Crippen LogP contribution in [0.2, 0.25) is 0 Å². The van der Waals surface area contributed by atoms with Crippen LogP contribution in [0.5, 0.6) is 0 Å². The van der Waals surface area contributed by atoms with Crippen molar-refractivity contribution < 1.29 is 58.4 Å². The number of esters is 1. The minimum Gasteiger partial charge on any atom is -0.459 e. The third kappa shape index (κ3) is 10.8. The van der Waals surface area contributed by atoms with Gasteiger partial charge in [0, 0.05) is 63.6 Å². The largest absolute Gasteiger partial charge is 0.459 e. The predicted molar refractivity (Wildman–Crippen MR) is 231 cm³/mol. The lowest BCUT2D eigenvalue weighted by molar-refractivity contribution is -0.305. The number of hydrogen-bond donors (Lipinski definition) is 4. The summed E-state index contributed by atoms with van der Waals surface area (Å²) in [6, 6.07) is 3.33. The molecule has 0 bridgehead atoms. The number of methoxy groups -OCH3 is 2. The minimum absolute atomic E-state index is 0.108. The summed E-state index contributed by atoms with van der Waals surface area (Å²) in [5.41, 5.74) is -2.73. The molecule has 2 aromatic heterocycles. The minimum atomic E-state index is -1.97. The van der Waals surface area contributed by atoms with Crippen molar-refractivity contribution in [3.63, 3.8) is 0 Å². The fourth-order valence-electron chi connectivity index (χ4n) is 10.5. The maximum absolute atomic E-state index is 14.5. The number of aromatic nitrogens is 4. The van der Waals surface area contributed by atoms with Gasteiger partial charge in [0.1, 0.15) is 29.7 Å². The van der Waals surface area contributed by atoms with E-state index in [-0.39, 0.29) is 31.1 Å². The smallest absolute Gasteiger partial charge is 0.309 e. The third-order valence-corrected chi connectivity index (χ3v) is 14.7. The second-order valence-electron chi connectivity index (χ2n) is 19.3. The summed E-state index contributed by atoms with van der Waals surface area (Å²) < 4.78 is 40.2. The fraction of sp³-hybridized carbons (Fsp3) is 0.804. The number of aliphatic hydroxyl groups excluding tert-OH is 3. The molecule has 17 heteroatoms. The van der Waals surface area contributed by atoms with Gasteiger partial charge in [-0.2, -0.15) is 0 Å². The van der Waals surface area contributed by atoms with Crippen LogP contribution in [0.3, 0.4) is 0 Å². The maximum atomic E-state index is 14.5. The van der Waals surface area contributed by atoms with E-state index in [1.165, 1.54) is 21.1 Å². The maximum Gasteiger partial charge on any atom is 0.309 e. The van der Waals surface area contributed by atoms with Gasteiger partial charge >= 0.3 is 5.97 Å². The number of Topliss-reactive ketones (excluding diaryl/α,β-unsaturated/α-hetero) is 1. The molecule has 0 spiro atoms. The molecule has 356 valence electrons. The highest BCUT2D eigenvalue weighted by molar-refractivity contribution is 5.83. The van der Waals surface area contributed by atoms with E-state index in [9.17, 15) is 30.0 Å². The molecule has 2 aromatic rings. The second kappa shape index (κ2) is 20.7. The Kier molecular flexibility index (Phi) is 16.8. The van der Waals surface area contributed by atoms with Crippen molar-refractivity contribution in [2.45, 2.75) is 179 Å². The molecule has 63 heavy (non-hydrogen) atoms. The molecule has 3 saturated heterocycles. The Morgan fingerprint density at radius 3 is 2.25 bits per heavy atom. The first-order valence-corrected chi connectivity index (χ1v) is 22.6. The number of carbonyl (C=O) groups is 2. The molecule has 0 amide bonds. The van der Waals surface area contributed by atoms with Gasteiger partial charge in [0.05, 0.1) is 71.4 Å². The number of likely N-dealkylation sites (N-methyl/N-ethyl adjacent to an activating group) is 1. The summed E-state index contributed by atoms with van der Waals surface area (Å²) in [6.45, 7) is 18.0. The van der Waals surface area contributed by atoms with Crippen LogP contribution in [0.4, 0.5) is 0 Å². The second-order valence-corrected chi connectivity index (χ2v) is 19.3. The molecule has 0 radical (unpaired) electrons. The van der Waals surface area contributed by atoms with Gasteiger partial charge < -0.3 is 53.7 Å². The SMILES string of the molecule is CC[C@H]1OC(=O)[C@H](C)[C@@H](C2C[C@@](C)(OC)[C@@H](O)[C@H](C)O2)[C@H](C)[C@@H](O[C@@H]2O[C@H](C)C[C@H](N(C)CCc3cn(-c4cccnc4)nn3)[C@H]2O)[C@](C)(OC)C[C@@H](C)C(=O)[C@H](C)[C@@H](O)[C@]1(C)O. The molecule has 18 atom stereocenters. The van der Waals surface area contributed by atoms with Gasteiger partial charge in [0.25, 0.3) is 0 Å². The Labute approximate surface area is 373 Å². The van der Waals surface area contributed by atoms with E-state index < -0.39 is 107 Å². The lowest BCUT2D eigenvalue weighted by atomic mass is 9.67. The summed E-state index contributed by atoms with van der Waals surface area (Å²) in [5.74, 6) is -4.97. The van der Waals surface area contributed by atoms with Crippen molar-refractivity contribution in [1.82, 2.24) is 24.9 Å². The van der Waals surface area contributed by atoms with E-state index in [0.29, 0.717) is 19.4 Å². The highest BCUT2D eigenvalue weighted by atomic mass is 16.7. The number of carbonyl (C=O) groups excluding carboxylic acids is 2. The van der Waals surface area contributed by atoms with E-state index in [2.05, 4.69) is 20.2 Å². The zero-order valence-corrected chi connectivity index (χ0v) is 39.6. The van der Waals surface area contributed by atoms with Crippen LogP contribution in [0.15, 0.2) is 30.7 Å². The number of nitrogens with zero attached hydrogens (tertiary/aromatic N) is 5. The zero-order chi connectivity index (χ0) is 46.8. The summed E-state index contributed by atoms with van der Waals surface area (Å²) in [4.78, 5) is 35.0. The van der Waals surface area contributed by atoms with Gasteiger partial charge in [-0.3, -0.25) is 14.6 Å². The van der Waals surface area contributed by atoms with Crippen LogP contribution in [0, 0.1) is 29.6 Å². The third-order valence-electron chi connectivity index (χ3n) is 14.7. The summed E-state index contributed by atoms with van der Waals surface area (Å²) in [5, 5.41) is 55.5.